The molecular formula is C33H24N4O. The summed E-state index contributed by atoms with van der Waals surface area (Å²) in [6.45, 7) is 0. The van der Waals surface area contributed by atoms with E-state index in [1.165, 1.54) is 0 Å². The van der Waals surface area contributed by atoms with E-state index < -0.39 is 0 Å². The average Bonchev–Trinajstić information content (AvgIpc) is 3.00. The average molecular weight is 493 g/mol. The van der Waals surface area contributed by atoms with Crippen LogP contribution in [0.1, 0.15) is 10.4 Å². The van der Waals surface area contributed by atoms with Gasteiger partial charge in [0.05, 0.1) is 33.8 Å². The van der Waals surface area contributed by atoms with Crippen molar-refractivity contribution >= 4 is 28.3 Å². The van der Waals surface area contributed by atoms with E-state index in [0.29, 0.717) is 11.1 Å². The Kier molecular flexibility index (Phi) is 6.31. The Bertz CT molecular complexity index is 1650. The number of amides is 1. The van der Waals surface area contributed by atoms with Gasteiger partial charge in [-0.2, -0.15) is 0 Å². The number of hydrogen-bond acceptors (Lipinski definition) is 4. The minimum atomic E-state index is -0.241. The minimum Gasteiger partial charge on any atom is -0.267 e. The second-order valence-corrected chi connectivity index (χ2v) is 8.80. The van der Waals surface area contributed by atoms with Gasteiger partial charge in [0.25, 0.3) is 5.91 Å². The molecule has 0 bridgehead atoms. The van der Waals surface area contributed by atoms with Gasteiger partial charge in [-0.25, -0.2) is 9.97 Å². The van der Waals surface area contributed by atoms with E-state index in [1.54, 1.807) is 17.1 Å². The SMILES string of the molecule is O=C(NN(c1ccccc1)c1ccccc1)c1ccc2nc(-c3ccccc3)c(-c3ccccc3)nc2c1. The maximum Gasteiger partial charge on any atom is 0.270 e. The molecular weight excluding hydrogens is 468 g/mol. The summed E-state index contributed by atoms with van der Waals surface area (Å²) in [4.78, 5) is 23.5. The summed E-state index contributed by atoms with van der Waals surface area (Å²) in [5, 5.41) is 1.78. The summed E-state index contributed by atoms with van der Waals surface area (Å²) < 4.78 is 0. The molecule has 38 heavy (non-hydrogen) atoms. The van der Waals surface area contributed by atoms with Crippen LogP contribution in [0.25, 0.3) is 33.5 Å². The molecule has 6 rings (SSSR count). The van der Waals surface area contributed by atoms with Crippen molar-refractivity contribution in [3.8, 4) is 22.5 Å². The summed E-state index contributed by atoms with van der Waals surface area (Å²) in [6, 6.07) is 45.0. The normalized spacial score (nSPS) is 10.7. The molecule has 1 aromatic heterocycles. The monoisotopic (exact) mass is 492 g/mol. The molecule has 0 saturated heterocycles. The zero-order valence-corrected chi connectivity index (χ0v) is 20.5. The van der Waals surface area contributed by atoms with Crippen molar-refractivity contribution in [3.63, 3.8) is 0 Å². The maximum absolute atomic E-state index is 13.5. The smallest absolute Gasteiger partial charge is 0.267 e. The Morgan fingerprint density at radius 2 is 0.974 bits per heavy atom. The van der Waals surface area contributed by atoms with Crippen LogP contribution >= 0.6 is 0 Å². The highest BCUT2D eigenvalue weighted by molar-refractivity contribution is 5.99. The number of aromatic nitrogens is 2. The molecule has 5 nitrogen and oxygen atoms in total. The lowest BCUT2D eigenvalue weighted by Crippen LogP contribution is -2.38. The first kappa shape index (κ1) is 23.1. The molecule has 0 fully saturated rings. The molecule has 0 aliphatic carbocycles. The second kappa shape index (κ2) is 10.4. The minimum absolute atomic E-state index is 0.241. The van der Waals surface area contributed by atoms with Gasteiger partial charge in [0.15, 0.2) is 0 Å². The number of carbonyl (C=O) groups excluding carboxylic acids is 1. The van der Waals surface area contributed by atoms with Gasteiger partial charge in [-0.1, -0.05) is 97.1 Å². The molecule has 0 saturated carbocycles. The first-order chi connectivity index (χ1) is 18.8. The lowest BCUT2D eigenvalue weighted by Gasteiger charge is -2.25. The van der Waals surface area contributed by atoms with E-state index >= 15 is 0 Å². The fraction of sp³-hybridized carbons (Fsp3) is 0. The van der Waals surface area contributed by atoms with Gasteiger partial charge >= 0.3 is 0 Å². The number of hydrogen-bond donors (Lipinski definition) is 1. The Morgan fingerprint density at radius 1 is 0.526 bits per heavy atom. The topological polar surface area (TPSA) is 58.1 Å². The number of fused-ring (bicyclic) bond motifs is 1. The molecule has 0 aliphatic heterocycles. The maximum atomic E-state index is 13.5. The number of para-hydroxylation sites is 2. The number of nitrogens with zero attached hydrogens (tertiary/aromatic N) is 3. The molecule has 0 aliphatic rings. The molecule has 182 valence electrons. The van der Waals surface area contributed by atoms with E-state index in [-0.39, 0.29) is 5.91 Å². The number of nitrogens with one attached hydrogen (secondary N) is 1. The Hall–Kier alpha value is -5.29. The van der Waals surface area contributed by atoms with Gasteiger partial charge < -0.3 is 0 Å². The van der Waals surface area contributed by atoms with E-state index in [0.717, 1.165) is 39.4 Å². The first-order valence-electron chi connectivity index (χ1n) is 12.4. The third-order valence-electron chi connectivity index (χ3n) is 6.26. The fourth-order valence-electron chi connectivity index (χ4n) is 4.39. The Labute approximate surface area is 221 Å². The molecule has 0 unspecified atom stereocenters. The zero-order valence-electron chi connectivity index (χ0n) is 20.5. The number of benzene rings is 5. The summed E-state index contributed by atoms with van der Waals surface area (Å²) in [5.74, 6) is -0.241. The largest absolute Gasteiger partial charge is 0.270 e. The van der Waals surface area contributed by atoms with E-state index in [4.69, 9.17) is 9.97 Å². The van der Waals surface area contributed by atoms with Crippen molar-refractivity contribution in [1.82, 2.24) is 15.4 Å². The van der Waals surface area contributed by atoms with Crippen molar-refractivity contribution in [1.29, 1.82) is 0 Å². The fourth-order valence-corrected chi connectivity index (χ4v) is 4.39. The number of rotatable bonds is 6. The van der Waals surface area contributed by atoms with Crippen LogP contribution in [-0.4, -0.2) is 15.9 Å². The van der Waals surface area contributed by atoms with Crippen molar-refractivity contribution < 1.29 is 4.79 Å². The molecule has 1 heterocycles. The van der Waals surface area contributed by atoms with Crippen molar-refractivity contribution in [2.24, 2.45) is 0 Å². The number of carbonyl (C=O) groups is 1. The molecule has 5 heteroatoms. The van der Waals surface area contributed by atoms with Crippen LogP contribution < -0.4 is 10.4 Å². The van der Waals surface area contributed by atoms with Gasteiger partial charge in [-0.05, 0) is 42.5 Å². The predicted octanol–water partition coefficient (Wildman–Crippen LogP) is 7.45. The van der Waals surface area contributed by atoms with Gasteiger partial charge in [0.1, 0.15) is 0 Å². The highest BCUT2D eigenvalue weighted by atomic mass is 16.2. The summed E-state index contributed by atoms with van der Waals surface area (Å²) >= 11 is 0. The molecule has 5 aromatic carbocycles. The van der Waals surface area contributed by atoms with Gasteiger partial charge in [0, 0.05) is 16.7 Å². The van der Waals surface area contributed by atoms with Gasteiger partial charge in [0.2, 0.25) is 0 Å². The highest BCUT2D eigenvalue weighted by Crippen LogP contribution is 2.31. The van der Waals surface area contributed by atoms with E-state index in [1.807, 2.05) is 127 Å². The Morgan fingerprint density at radius 3 is 1.47 bits per heavy atom. The number of anilines is 2. The van der Waals surface area contributed by atoms with Crippen molar-refractivity contribution in [2.45, 2.75) is 0 Å². The Balaban J connectivity index is 1.40. The quantitative estimate of drug-likeness (QED) is 0.245. The highest BCUT2D eigenvalue weighted by Gasteiger charge is 2.17. The number of hydrazine groups is 1. The zero-order chi connectivity index (χ0) is 25.7. The third kappa shape index (κ3) is 4.73. The van der Waals surface area contributed by atoms with Crippen LogP contribution in [0.4, 0.5) is 11.4 Å². The van der Waals surface area contributed by atoms with Crippen LogP contribution in [0.5, 0.6) is 0 Å². The van der Waals surface area contributed by atoms with Crippen LogP contribution in [0, 0.1) is 0 Å². The summed E-state index contributed by atoms with van der Waals surface area (Å²) in [5.41, 5.74) is 10.2. The molecule has 6 aromatic rings. The molecule has 1 amide bonds. The standard InChI is InChI=1S/C33H24N4O/c38-33(36-37(27-17-9-3-10-18-27)28-19-11-4-12-20-28)26-21-22-29-30(23-26)35-32(25-15-7-2-8-16-25)31(34-29)24-13-5-1-6-14-24/h1-23H,(H,36,38). The van der Waals surface area contributed by atoms with Crippen LogP contribution in [0.15, 0.2) is 140 Å². The lowest BCUT2D eigenvalue weighted by atomic mass is 10.0. The predicted molar refractivity (Wildman–Crippen MR) is 153 cm³/mol. The van der Waals surface area contributed by atoms with Crippen molar-refractivity contribution in [2.75, 3.05) is 5.01 Å². The summed E-state index contributed by atoms with van der Waals surface area (Å²) in [7, 11) is 0. The van der Waals surface area contributed by atoms with E-state index in [2.05, 4.69) is 5.43 Å². The van der Waals surface area contributed by atoms with E-state index in [9.17, 15) is 4.79 Å². The van der Waals surface area contributed by atoms with Crippen LogP contribution in [0.2, 0.25) is 0 Å². The molecule has 0 atom stereocenters. The lowest BCUT2D eigenvalue weighted by molar-refractivity contribution is 0.0954. The molecule has 1 N–H and O–H groups in total. The van der Waals surface area contributed by atoms with Gasteiger partial charge in [-0.3, -0.25) is 15.2 Å². The molecule has 0 radical (unpaired) electrons. The third-order valence-corrected chi connectivity index (χ3v) is 6.26. The van der Waals surface area contributed by atoms with Gasteiger partial charge in [-0.15, -0.1) is 0 Å². The summed E-state index contributed by atoms with van der Waals surface area (Å²) in [6.07, 6.45) is 0. The first-order valence-corrected chi connectivity index (χ1v) is 12.4. The van der Waals surface area contributed by atoms with Crippen LogP contribution in [-0.2, 0) is 0 Å². The van der Waals surface area contributed by atoms with Crippen molar-refractivity contribution in [3.05, 3.63) is 145 Å². The molecule has 0 spiro atoms. The van der Waals surface area contributed by atoms with Crippen LogP contribution in [0.3, 0.4) is 0 Å². The second-order valence-electron chi connectivity index (χ2n) is 8.80.